The Balaban J connectivity index is 2.30. The smallest absolute Gasteiger partial charge is 0.344 e. The van der Waals surface area contributed by atoms with E-state index in [0.29, 0.717) is 10.1 Å². The van der Waals surface area contributed by atoms with Crippen LogP contribution < -0.4 is 5.56 Å². The highest BCUT2D eigenvalue weighted by Gasteiger charge is 2.23. The highest BCUT2D eigenvalue weighted by molar-refractivity contribution is 9.10. The van der Waals surface area contributed by atoms with Gasteiger partial charge in [0.05, 0.1) is 4.47 Å². The Labute approximate surface area is 127 Å². The molecule has 0 spiro atoms. The molecule has 2 aromatic rings. The molecule has 0 bridgehead atoms. The van der Waals surface area contributed by atoms with Gasteiger partial charge in [0.15, 0.2) is 5.65 Å². The van der Waals surface area contributed by atoms with Crippen molar-refractivity contribution in [3.8, 4) is 0 Å². The topological polar surface area (TPSA) is 70.8 Å². The van der Waals surface area contributed by atoms with Gasteiger partial charge in [-0.2, -0.15) is 9.97 Å². The van der Waals surface area contributed by atoms with Gasteiger partial charge in [-0.1, -0.05) is 12.8 Å². The summed E-state index contributed by atoms with van der Waals surface area (Å²) >= 11 is 2.06. The zero-order valence-electron chi connectivity index (χ0n) is 11.0. The Bertz CT molecular complexity index is 711. The lowest BCUT2D eigenvalue weighted by atomic mass is 10.2. The van der Waals surface area contributed by atoms with Gasteiger partial charge in [0.1, 0.15) is 6.26 Å². The Morgan fingerprint density at radius 2 is 2.15 bits per heavy atom. The molecular weight excluding hydrogens is 342 g/mol. The van der Waals surface area contributed by atoms with Gasteiger partial charge in [-0.15, -0.1) is 0 Å². The summed E-state index contributed by atoms with van der Waals surface area (Å²) in [6.07, 6.45) is 7.40. The number of aromatic nitrogens is 3. The van der Waals surface area contributed by atoms with E-state index in [-0.39, 0.29) is 16.8 Å². The average molecular weight is 356 g/mol. The van der Waals surface area contributed by atoms with E-state index in [4.69, 9.17) is 0 Å². The van der Waals surface area contributed by atoms with E-state index in [1.165, 1.54) is 6.26 Å². The third-order valence-electron chi connectivity index (χ3n) is 3.65. The van der Waals surface area contributed by atoms with Gasteiger partial charge in [0.25, 0.3) is 5.56 Å². The fourth-order valence-electron chi connectivity index (χ4n) is 2.71. The van der Waals surface area contributed by atoms with Gasteiger partial charge < -0.3 is 4.55 Å². The quantitative estimate of drug-likeness (QED) is 0.612. The number of fused-ring (bicyclic) bond motifs is 1. The van der Waals surface area contributed by atoms with Crippen LogP contribution in [-0.2, 0) is 11.2 Å². The number of rotatable bonds is 2. The van der Waals surface area contributed by atoms with E-state index in [0.717, 1.165) is 31.1 Å². The maximum absolute atomic E-state index is 12.4. The molecule has 2 heterocycles. The molecule has 5 nitrogen and oxygen atoms in total. The molecule has 0 aromatic carbocycles. The number of hydrogen-bond acceptors (Lipinski definition) is 4. The molecule has 20 heavy (non-hydrogen) atoms. The van der Waals surface area contributed by atoms with Crippen molar-refractivity contribution < 1.29 is 4.55 Å². The first kappa shape index (κ1) is 14.0. The predicted molar refractivity (Wildman–Crippen MR) is 81.3 cm³/mol. The summed E-state index contributed by atoms with van der Waals surface area (Å²) in [5.74, 6) is 0. The molecule has 1 saturated carbocycles. The predicted octanol–water partition coefficient (Wildman–Crippen LogP) is 2.41. The second-order valence-corrected chi connectivity index (χ2v) is 7.12. The molecule has 0 N–H and O–H groups in total. The molecule has 0 aliphatic heterocycles. The maximum Gasteiger partial charge on any atom is 0.344 e. The minimum atomic E-state index is -1.26. The van der Waals surface area contributed by atoms with Gasteiger partial charge in [0.2, 0.25) is 0 Å². The first-order chi connectivity index (χ1) is 9.58. The van der Waals surface area contributed by atoms with Crippen LogP contribution in [0.3, 0.4) is 0 Å². The van der Waals surface area contributed by atoms with Gasteiger partial charge in [0, 0.05) is 28.8 Å². The van der Waals surface area contributed by atoms with E-state index in [1.807, 2.05) is 0 Å². The lowest BCUT2D eigenvalue weighted by Gasteiger charge is -2.16. The average Bonchev–Trinajstić information content (AvgIpc) is 2.93. The first-order valence-electron chi connectivity index (χ1n) is 6.49. The van der Waals surface area contributed by atoms with Crippen LogP contribution in [0.5, 0.6) is 0 Å². The zero-order valence-corrected chi connectivity index (χ0v) is 13.4. The minimum absolute atomic E-state index is 0.0732. The number of nitrogens with zero attached hydrogens (tertiary/aromatic N) is 3. The molecule has 1 atom stereocenters. The first-order valence-corrected chi connectivity index (χ1v) is 8.84. The summed E-state index contributed by atoms with van der Waals surface area (Å²) in [7, 11) is 0. The van der Waals surface area contributed by atoms with Crippen molar-refractivity contribution in [2.75, 3.05) is 6.26 Å². The molecule has 1 aliphatic carbocycles. The minimum Gasteiger partial charge on any atom is -0.609 e. The van der Waals surface area contributed by atoms with Crippen LogP contribution in [0.25, 0.3) is 11.0 Å². The molecule has 3 rings (SSSR count). The maximum atomic E-state index is 12.4. The van der Waals surface area contributed by atoms with Crippen LogP contribution in [0.2, 0.25) is 0 Å². The zero-order chi connectivity index (χ0) is 14.3. The van der Waals surface area contributed by atoms with Gasteiger partial charge in [-0.3, -0.25) is 9.36 Å². The monoisotopic (exact) mass is 355 g/mol. The van der Waals surface area contributed by atoms with E-state index < -0.39 is 11.2 Å². The Kier molecular flexibility index (Phi) is 3.83. The van der Waals surface area contributed by atoms with Gasteiger partial charge >= 0.3 is 5.16 Å². The molecule has 1 aliphatic rings. The normalized spacial score (nSPS) is 17.8. The van der Waals surface area contributed by atoms with Crippen molar-refractivity contribution in [3.63, 3.8) is 0 Å². The van der Waals surface area contributed by atoms with Crippen LogP contribution in [0.15, 0.2) is 26.7 Å². The van der Waals surface area contributed by atoms with Gasteiger partial charge in [-0.05, 0) is 34.8 Å². The molecular formula is C13H14BrN3O2S. The largest absolute Gasteiger partial charge is 0.609 e. The fraction of sp³-hybridized carbons (Fsp3) is 0.462. The van der Waals surface area contributed by atoms with Gasteiger partial charge in [-0.25, -0.2) is 0 Å². The van der Waals surface area contributed by atoms with Crippen molar-refractivity contribution in [2.45, 2.75) is 36.9 Å². The summed E-state index contributed by atoms with van der Waals surface area (Å²) in [6.45, 7) is 0. The summed E-state index contributed by atoms with van der Waals surface area (Å²) in [6, 6.07) is 1.90. The van der Waals surface area contributed by atoms with Crippen LogP contribution in [0.4, 0.5) is 0 Å². The summed E-state index contributed by atoms with van der Waals surface area (Å²) < 4.78 is 13.8. The summed E-state index contributed by atoms with van der Waals surface area (Å²) in [5.41, 5.74) is 0.515. The molecule has 0 radical (unpaired) electrons. The van der Waals surface area contributed by atoms with Crippen molar-refractivity contribution in [2.24, 2.45) is 0 Å². The molecule has 2 aromatic heterocycles. The molecule has 0 amide bonds. The van der Waals surface area contributed by atoms with Crippen LogP contribution >= 0.6 is 15.9 Å². The standard InChI is InChI=1S/C13H14BrN3O2S/c1-20(19)13-15-7-8-6-10(14)12(18)17(11(8)16-13)9-4-2-3-5-9/h6-7,9H,2-5H2,1H3. The van der Waals surface area contributed by atoms with E-state index in [1.54, 1.807) is 16.8 Å². The third-order valence-corrected chi connectivity index (χ3v) is 4.93. The number of hydrogen-bond donors (Lipinski definition) is 0. The van der Waals surface area contributed by atoms with E-state index in [9.17, 15) is 9.35 Å². The Hall–Kier alpha value is -0.920. The van der Waals surface area contributed by atoms with Crippen molar-refractivity contribution in [3.05, 3.63) is 27.1 Å². The number of pyridine rings is 1. The second kappa shape index (κ2) is 5.46. The molecule has 1 unspecified atom stereocenters. The lowest BCUT2D eigenvalue weighted by Crippen LogP contribution is -2.25. The van der Waals surface area contributed by atoms with Crippen molar-refractivity contribution in [1.82, 2.24) is 14.5 Å². The Morgan fingerprint density at radius 1 is 1.45 bits per heavy atom. The van der Waals surface area contributed by atoms with Crippen LogP contribution in [-0.4, -0.2) is 25.3 Å². The molecule has 1 fully saturated rings. The third kappa shape index (κ3) is 2.38. The molecule has 0 saturated heterocycles. The molecule has 106 valence electrons. The molecule has 7 heteroatoms. The van der Waals surface area contributed by atoms with Crippen LogP contribution in [0, 0.1) is 0 Å². The SMILES string of the molecule is C[S+]([O-])c1ncc2cc(Br)c(=O)n(C3CCCC3)c2n1. The van der Waals surface area contributed by atoms with Crippen molar-refractivity contribution in [1.29, 1.82) is 0 Å². The van der Waals surface area contributed by atoms with Crippen LogP contribution in [0.1, 0.15) is 31.7 Å². The van der Waals surface area contributed by atoms with Crippen molar-refractivity contribution >= 4 is 38.1 Å². The highest BCUT2D eigenvalue weighted by Crippen LogP contribution is 2.31. The lowest BCUT2D eigenvalue weighted by molar-refractivity contribution is 0.512. The number of halogens is 1. The second-order valence-electron chi connectivity index (χ2n) is 4.99. The summed E-state index contributed by atoms with van der Waals surface area (Å²) in [5, 5.41) is 1.06. The highest BCUT2D eigenvalue weighted by atomic mass is 79.9. The fourth-order valence-corrected chi connectivity index (χ4v) is 3.56. The Morgan fingerprint density at radius 3 is 2.80 bits per heavy atom. The summed E-state index contributed by atoms with van der Waals surface area (Å²) in [4.78, 5) is 20.9. The van der Waals surface area contributed by atoms with E-state index >= 15 is 0 Å². The van der Waals surface area contributed by atoms with E-state index in [2.05, 4.69) is 25.9 Å².